The number of hydrogen-bond donors (Lipinski definition) is 1. The van der Waals surface area contributed by atoms with E-state index in [0.717, 1.165) is 32.5 Å². The minimum absolute atomic E-state index is 0.000803. The molecule has 80 valence electrons. The molecule has 1 heterocycles. The van der Waals surface area contributed by atoms with Crippen molar-refractivity contribution in [3.63, 3.8) is 0 Å². The van der Waals surface area contributed by atoms with Crippen molar-refractivity contribution in [3.8, 4) is 0 Å². The van der Waals surface area contributed by atoms with Crippen LogP contribution in [0.5, 0.6) is 0 Å². The van der Waals surface area contributed by atoms with E-state index >= 15 is 0 Å². The van der Waals surface area contributed by atoms with E-state index < -0.39 is 0 Å². The number of ether oxygens (including phenoxy) is 2. The second-order valence-electron chi connectivity index (χ2n) is 4.23. The van der Waals surface area contributed by atoms with Gasteiger partial charge in [0.05, 0.1) is 0 Å². The van der Waals surface area contributed by atoms with E-state index in [2.05, 4.69) is 5.32 Å². The minimum atomic E-state index is 0.000803. The lowest BCUT2D eigenvalue weighted by molar-refractivity contribution is -0.125. The van der Waals surface area contributed by atoms with Crippen LogP contribution in [0.15, 0.2) is 0 Å². The van der Waals surface area contributed by atoms with Crippen LogP contribution in [-0.2, 0) is 14.3 Å². The van der Waals surface area contributed by atoms with E-state index in [1.807, 2.05) is 0 Å². The van der Waals surface area contributed by atoms with E-state index in [1.165, 1.54) is 7.11 Å². The predicted octanol–water partition coefficient (Wildman–Crippen LogP) is 0.318. The molecule has 1 atom stereocenters. The molecule has 0 bridgehead atoms. The molecule has 1 saturated carbocycles. The van der Waals surface area contributed by atoms with Crippen LogP contribution >= 0.6 is 0 Å². The van der Waals surface area contributed by atoms with E-state index in [9.17, 15) is 4.79 Å². The Hall–Kier alpha value is -0.610. The van der Waals surface area contributed by atoms with Crippen molar-refractivity contribution in [2.75, 3.05) is 26.9 Å². The maximum Gasteiger partial charge on any atom is 0.246 e. The molecule has 1 aliphatic carbocycles. The topological polar surface area (TPSA) is 47.6 Å². The number of methoxy groups -OCH3 is 1. The first kappa shape index (κ1) is 9.93. The Morgan fingerprint density at radius 1 is 1.57 bits per heavy atom. The molecule has 1 spiro atoms. The monoisotopic (exact) mass is 199 g/mol. The van der Waals surface area contributed by atoms with Gasteiger partial charge in [-0.25, -0.2) is 0 Å². The van der Waals surface area contributed by atoms with Gasteiger partial charge in [0.15, 0.2) is 0 Å². The molecule has 0 aromatic rings. The fraction of sp³-hybridized carbons (Fsp3) is 0.900. The number of amides is 1. The fourth-order valence-corrected chi connectivity index (χ4v) is 2.25. The molecule has 0 aromatic heterocycles. The molecule has 0 aromatic carbocycles. The summed E-state index contributed by atoms with van der Waals surface area (Å²) in [5, 5.41) is 3.00. The number of rotatable bonds is 3. The van der Waals surface area contributed by atoms with Crippen molar-refractivity contribution in [2.24, 2.45) is 5.41 Å². The molecule has 1 saturated heterocycles. The second-order valence-corrected chi connectivity index (χ2v) is 4.23. The highest BCUT2D eigenvalue weighted by molar-refractivity contribution is 5.78. The van der Waals surface area contributed by atoms with Crippen molar-refractivity contribution < 1.29 is 14.3 Å². The van der Waals surface area contributed by atoms with Gasteiger partial charge >= 0.3 is 0 Å². The summed E-state index contributed by atoms with van der Waals surface area (Å²) in [6.07, 6.45) is 3.29. The first-order valence-electron chi connectivity index (χ1n) is 5.13. The summed E-state index contributed by atoms with van der Waals surface area (Å²) in [5.41, 5.74) is 0.363. The van der Waals surface area contributed by atoms with E-state index in [-0.39, 0.29) is 12.5 Å². The largest absolute Gasteiger partial charge is 0.381 e. The summed E-state index contributed by atoms with van der Waals surface area (Å²) in [7, 11) is 1.54. The van der Waals surface area contributed by atoms with Gasteiger partial charge in [0.25, 0.3) is 0 Å². The molecule has 1 aliphatic heterocycles. The molecular weight excluding hydrogens is 182 g/mol. The number of hydrogen-bond acceptors (Lipinski definition) is 3. The van der Waals surface area contributed by atoms with Gasteiger partial charge in [-0.1, -0.05) is 0 Å². The molecule has 1 N–H and O–H groups in total. The van der Waals surface area contributed by atoms with Crippen LogP contribution in [0.1, 0.15) is 19.3 Å². The molecule has 2 aliphatic rings. The Morgan fingerprint density at radius 3 is 2.93 bits per heavy atom. The number of nitrogens with one attached hydrogen (secondary N) is 1. The number of carbonyl (C=O) groups excluding carboxylic acids is 1. The lowest BCUT2D eigenvalue weighted by Crippen LogP contribution is -2.34. The van der Waals surface area contributed by atoms with Crippen LogP contribution in [0.25, 0.3) is 0 Å². The molecule has 2 fully saturated rings. The van der Waals surface area contributed by atoms with Crippen molar-refractivity contribution in [2.45, 2.75) is 25.3 Å². The molecule has 4 heteroatoms. The van der Waals surface area contributed by atoms with E-state index in [4.69, 9.17) is 9.47 Å². The molecule has 2 rings (SSSR count). The highest BCUT2D eigenvalue weighted by atomic mass is 16.5. The Kier molecular flexibility index (Phi) is 2.74. The summed E-state index contributed by atoms with van der Waals surface area (Å²) in [5.74, 6) is 0.000803. The lowest BCUT2D eigenvalue weighted by Gasteiger charge is -2.22. The van der Waals surface area contributed by atoms with Gasteiger partial charge in [0, 0.05) is 26.4 Å². The summed E-state index contributed by atoms with van der Waals surface area (Å²) < 4.78 is 10.1. The Labute approximate surface area is 84.0 Å². The second kappa shape index (κ2) is 3.87. The van der Waals surface area contributed by atoms with E-state index in [0.29, 0.717) is 11.5 Å². The summed E-state index contributed by atoms with van der Waals surface area (Å²) in [6, 6.07) is 0.369. The quantitative estimate of drug-likeness (QED) is 0.712. The first-order chi connectivity index (χ1) is 6.77. The Morgan fingerprint density at radius 2 is 2.29 bits per heavy atom. The van der Waals surface area contributed by atoms with E-state index in [1.54, 1.807) is 0 Å². The fourth-order valence-electron chi connectivity index (χ4n) is 2.25. The molecule has 14 heavy (non-hydrogen) atoms. The van der Waals surface area contributed by atoms with Crippen LogP contribution in [0, 0.1) is 5.41 Å². The lowest BCUT2D eigenvalue weighted by atomic mass is 9.96. The normalized spacial score (nSPS) is 28.8. The van der Waals surface area contributed by atoms with Crippen LogP contribution in [0.4, 0.5) is 0 Å². The maximum absolute atomic E-state index is 11.3. The van der Waals surface area contributed by atoms with Gasteiger partial charge < -0.3 is 14.8 Å². The third-order valence-corrected chi connectivity index (χ3v) is 3.29. The van der Waals surface area contributed by atoms with Crippen LogP contribution in [0.3, 0.4) is 0 Å². The van der Waals surface area contributed by atoms with Gasteiger partial charge in [-0.2, -0.15) is 0 Å². The average molecular weight is 199 g/mol. The summed E-state index contributed by atoms with van der Waals surface area (Å²) in [4.78, 5) is 11.3. The predicted molar refractivity (Wildman–Crippen MR) is 50.9 cm³/mol. The Balaban J connectivity index is 1.77. The van der Waals surface area contributed by atoms with Gasteiger partial charge in [-0.3, -0.25) is 4.79 Å². The maximum atomic E-state index is 11.3. The van der Waals surface area contributed by atoms with Gasteiger partial charge in [-0.05, 0) is 24.7 Å². The van der Waals surface area contributed by atoms with Crippen molar-refractivity contribution in [1.29, 1.82) is 0 Å². The zero-order valence-corrected chi connectivity index (χ0v) is 8.54. The zero-order chi connectivity index (χ0) is 10.0. The van der Waals surface area contributed by atoms with Gasteiger partial charge in [0.1, 0.15) is 6.61 Å². The minimum Gasteiger partial charge on any atom is -0.381 e. The molecule has 0 radical (unpaired) electrons. The van der Waals surface area contributed by atoms with Crippen molar-refractivity contribution in [1.82, 2.24) is 5.32 Å². The van der Waals surface area contributed by atoms with Crippen molar-refractivity contribution in [3.05, 3.63) is 0 Å². The molecular formula is C10H17NO3. The van der Waals surface area contributed by atoms with Gasteiger partial charge in [0.2, 0.25) is 5.91 Å². The van der Waals surface area contributed by atoms with Crippen LogP contribution in [0.2, 0.25) is 0 Å². The standard InChI is InChI=1S/C10H17NO3/c1-13-7-9(12)11-8-6-10(8)2-4-14-5-3-10/h8H,2-7H2,1H3,(H,11,12). The third-order valence-electron chi connectivity index (χ3n) is 3.29. The molecule has 1 unspecified atom stereocenters. The van der Waals surface area contributed by atoms with Crippen LogP contribution < -0.4 is 5.32 Å². The molecule has 4 nitrogen and oxygen atoms in total. The Bertz CT molecular complexity index is 223. The highest BCUT2D eigenvalue weighted by Gasteiger charge is 2.54. The average Bonchev–Trinajstić information content (AvgIpc) is 2.79. The smallest absolute Gasteiger partial charge is 0.246 e. The van der Waals surface area contributed by atoms with Crippen LogP contribution in [-0.4, -0.2) is 38.9 Å². The SMILES string of the molecule is COCC(=O)NC1CC12CCOCC2. The van der Waals surface area contributed by atoms with Crippen molar-refractivity contribution >= 4 is 5.91 Å². The summed E-state index contributed by atoms with van der Waals surface area (Å²) >= 11 is 0. The molecule has 1 amide bonds. The zero-order valence-electron chi connectivity index (χ0n) is 8.54. The summed E-state index contributed by atoms with van der Waals surface area (Å²) in [6.45, 7) is 1.86. The third kappa shape index (κ3) is 1.91. The number of carbonyl (C=O) groups is 1. The van der Waals surface area contributed by atoms with Gasteiger partial charge in [-0.15, -0.1) is 0 Å². The highest BCUT2D eigenvalue weighted by Crippen LogP contribution is 2.53. The first-order valence-corrected chi connectivity index (χ1v) is 5.13.